The Balaban J connectivity index is 2.42. The summed E-state index contributed by atoms with van der Waals surface area (Å²) in [4.78, 5) is 24.6. The van der Waals surface area contributed by atoms with Crippen LogP contribution in [0.15, 0.2) is 24.3 Å². The third kappa shape index (κ3) is 5.75. The normalized spacial score (nSPS) is 10.1. The van der Waals surface area contributed by atoms with E-state index in [0.29, 0.717) is 18.2 Å². The molecule has 0 unspecified atom stereocenters. The fourth-order valence-electron chi connectivity index (χ4n) is 1.57. The standard InChI is InChI=1S/C14H18ClNO3/c1-3-19-14(18)7-8-16(2)13(17)10-11-5-4-6-12(15)9-11/h4-6,9H,3,7-8,10H2,1-2H3. The van der Waals surface area contributed by atoms with Gasteiger partial charge in [-0.3, -0.25) is 9.59 Å². The number of benzene rings is 1. The zero-order valence-electron chi connectivity index (χ0n) is 11.2. The van der Waals surface area contributed by atoms with Crippen LogP contribution in [0.1, 0.15) is 18.9 Å². The van der Waals surface area contributed by atoms with Crippen molar-refractivity contribution < 1.29 is 14.3 Å². The highest BCUT2D eigenvalue weighted by atomic mass is 35.5. The molecule has 1 aromatic rings. The Labute approximate surface area is 118 Å². The molecule has 104 valence electrons. The first-order valence-electron chi connectivity index (χ1n) is 6.17. The molecular formula is C14H18ClNO3. The van der Waals surface area contributed by atoms with Crippen LogP contribution in [0, 0.1) is 0 Å². The van der Waals surface area contributed by atoms with Gasteiger partial charge in [0.25, 0.3) is 0 Å². The number of carbonyl (C=O) groups excluding carboxylic acids is 2. The molecule has 19 heavy (non-hydrogen) atoms. The van der Waals surface area contributed by atoms with Gasteiger partial charge in [0.2, 0.25) is 5.91 Å². The van der Waals surface area contributed by atoms with E-state index in [4.69, 9.17) is 16.3 Å². The Morgan fingerprint density at radius 1 is 1.37 bits per heavy atom. The van der Waals surface area contributed by atoms with Gasteiger partial charge in [-0.25, -0.2) is 0 Å². The second-order valence-corrected chi connectivity index (χ2v) is 4.61. The van der Waals surface area contributed by atoms with Crippen molar-refractivity contribution in [3.8, 4) is 0 Å². The summed E-state index contributed by atoms with van der Waals surface area (Å²) in [6.45, 7) is 2.48. The Morgan fingerprint density at radius 2 is 2.11 bits per heavy atom. The first kappa shape index (κ1) is 15.5. The second-order valence-electron chi connectivity index (χ2n) is 4.18. The summed E-state index contributed by atoms with van der Waals surface area (Å²) in [6.07, 6.45) is 0.492. The number of likely N-dealkylation sites (N-methyl/N-ethyl adjacent to an activating group) is 1. The Morgan fingerprint density at radius 3 is 2.74 bits per heavy atom. The van der Waals surface area contributed by atoms with Gasteiger partial charge < -0.3 is 9.64 Å². The lowest BCUT2D eigenvalue weighted by Crippen LogP contribution is -2.30. The van der Waals surface area contributed by atoms with Crippen molar-refractivity contribution in [2.24, 2.45) is 0 Å². The molecule has 0 aliphatic carbocycles. The van der Waals surface area contributed by atoms with Gasteiger partial charge in [0, 0.05) is 18.6 Å². The van der Waals surface area contributed by atoms with Crippen molar-refractivity contribution in [3.05, 3.63) is 34.9 Å². The number of esters is 1. The van der Waals surface area contributed by atoms with Crippen LogP contribution in [0.2, 0.25) is 5.02 Å². The number of hydrogen-bond donors (Lipinski definition) is 0. The number of rotatable bonds is 6. The highest BCUT2D eigenvalue weighted by Crippen LogP contribution is 2.11. The molecule has 0 N–H and O–H groups in total. The molecule has 0 fully saturated rings. The topological polar surface area (TPSA) is 46.6 Å². The largest absolute Gasteiger partial charge is 0.466 e. The summed E-state index contributed by atoms with van der Waals surface area (Å²) < 4.78 is 4.81. The number of ether oxygens (including phenoxy) is 1. The molecule has 0 bridgehead atoms. The molecule has 0 radical (unpaired) electrons. The van der Waals surface area contributed by atoms with E-state index in [1.807, 2.05) is 12.1 Å². The van der Waals surface area contributed by atoms with Crippen LogP contribution in [-0.2, 0) is 20.7 Å². The minimum Gasteiger partial charge on any atom is -0.466 e. The first-order valence-corrected chi connectivity index (χ1v) is 6.54. The molecule has 0 saturated carbocycles. The first-order chi connectivity index (χ1) is 9.02. The lowest BCUT2D eigenvalue weighted by molar-refractivity contribution is -0.143. The summed E-state index contributed by atoms with van der Waals surface area (Å²) in [6, 6.07) is 7.19. The van der Waals surface area contributed by atoms with Crippen LogP contribution in [0.3, 0.4) is 0 Å². The van der Waals surface area contributed by atoms with Crippen molar-refractivity contribution in [1.82, 2.24) is 4.90 Å². The highest BCUT2D eigenvalue weighted by Gasteiger charge is 2.12. The predicted molar refractivity (Wildman–Crippen MR) is 74.0 cm³/mol. The lowest BCUT2D eigenvalue weighted by atomic mass is 10.1. The fraction of sp³-hybridized carbons (Fsp3) is 0.429. The smallest absolute Gasteiger partial charge is 0.307 e. The van der Waals surface area contributed by atoms with Crippen LogP contribution in [0.25, 0.3) is 0 Å². The molecule has 4 nitrogen and oxygen atoms in total. The predicted octanol–water partition coefficient (Wildman–Crippen LogP) is 2.29. The van der Waals surface area contributed by atoms with Gasteiger partial charge in [-0.2, -0.15) is 0 Å². The van der Waals surface area contributed by atoms with Crippen molar-refractivity contribution in [3.63, 3.8) is 0 Å². The third-order valence-corrected chi connectivity index (χ3v) is 2.86. The van der Waals surface area contributed by atoms with Crippen LogP contribution in [-0.4, -0.2) is 37.0 Å². The van der Waals surface area contributed by atoms with E-state index in [1.165, 1.54) is 4.90 Å². The maximum Gasteiger partial charge on any atom is 0.307 e. The monoisotopic (exact) mass is 283 g/mol. The quantitative estimate of drug-likeness (QED) is 0.753. The fourth-order valence-corrected chi connectivity index (χ4v) is 1.79. The summed E-state index contributed by atoms with van der Waals surface area (Å²) in [5.41, 5.74) is 0.862. The summed E-state index contributed by atoms with van der Waals surface area (Å²) in [7, 11) is 1.67. The zero-order chi connectivity index (χ0) is 14.3. The summed E-state index contributed by atoms with van der Waals surface area (Å²) in [5.74, 6) is -0.337. The number of hydrogen-bond acceptors (Lipinski definition) is 3. The molecule has 0 heterocycles. The highest BCUT2D eigenvalue weighted by molar-refractivity contribution is 6.30. The van der Waals surface area contributed by atoms with Gasteiger partial charge in [-0.1, -0.05) is 23.7 Å². The Kier molecular flexibility index (Phi) is 6.36. The minimum absolute atomic E-state index is 0.0495. The Bertz CT molecular complexity index is 448. The van der Waals surface area contributed by atoms with E-state index in [-0.39, 0.29) is 24.7 Å². The van der Waals surface area contributed by atoms with E-state index < -0.39 is 0 Å². The number of nitrogens with zero attached hydrogens (tertiary/aromatic N) is 1. The van der Waals surface area contributed by atoms with Crippen LogP contribution in [0.5, 0.6) is 0 Å². The van der Waals surface area contributed by atoms with Crippen LogP contribution < -0.4 is 0 Å². The van der Waals surface area contributed by atoms with Crippen LogP contribution >= 0.6 is 11.6 Å². The summed E-state index contributed by atoms with van der Waals surface area (Å²) >= 11 is 5.86. The molecule has 0 saturated heterocycles. The number of carbonyl (C=O) groups is 2. The zero-order valence-corrected chi connectivity index (χ0v) is 11.9. The molecule has 0 atom stereocenters. The molecule has 0 spiro atoms. The van der Waals surface area contributed by atoms with E-state index in [0.717, 1.165) is 5.56 Å². The third-order valence-electron chi connectivity index (χ3n) is 2.63. The minimum atomic E-state index is -0.287. The van der Waals surface area contributed by atoms with Crippen molar-refractivity contribution in [1.29, 1.82) is 0 Å². The maximum absolute atomic E-state index is 11.9. The number of amides is 1. The van der Waals surface area contributed by atoms with Crippen molar-refractivity contribution in [2.45, 2.75) is 19.8 Å². The lowest BCUT2D eigenvalue weighted by Gasteiger charge is -2.16. The average molecular weight is 284 g/mol. The van der Waals surface area contributed by atoms with E-state index >= 15 is 0 Å². The van der Waals surface area contributed by atoms with Crippen molar-refractivity contribution >= 4 is 23.5 Å². The molecule has 1 amide bonds. The molecular weight excluding hydrogens is 266 g/mol. The summed E-state index contributed by atoms with van der Waals surface area (Å²) in [5, 5.41) is 0.611. The van der Waals surface area contributed by atoms with E-state index in [2.05, 4.69) is 0 Å². The molecule has 1 rings (SSSR count). The molecule has 0 aliphatic rings. The van der Waals surface area contributed by atoms with Gasteiger partial charge in [0.05, 0.1) is 19.4 Å². The van der Waals surface area contributed by atoms with Gasteiger partial charge >= 0.3 is 5.97 Å². The van der Waals surface area contributed by atoms with Gasteiger partial charge in [0.1, 0.15) is 0 Å². The molecule has 5 heteroatoms. The average Bonchev–Trinajstić information content (AvgIpc) is 2.36. The number of halogens is 1. The van der Waals surface area contributed by atoms with Crippen molar-refractivity contribution in [2.75, 3.05) is 20.2 Å². The SMILES string of the molecule is CCOC(=O)CCN(C)C(=O)Cc1cccc(Cl)c1. The van der Waals surface area contributed by atoms with E-state index in [1.54, 1.807) is 26.1 Å². The second kappa shape index (κ2) is 7.79. The van der Waals surface area contributed by atoms with E-state index in [9.17, 15) is 9.59 Å². The maximum atomic E-state index is 11.9. The molecule has 1 aromatic carbocycles. The van der Waals surface area contributed by atoms with Gasteiger partial charge in [-0.05, 0) is 24.6 Å². The molecule has 0 aromatic heterocycles. The Hall–Kier alpha value is -1.55. The van der Waals surface area contributed by atoms with Gasteiger partial charge in [0.15, 0.2) is 0 Å². The molecule has 0 aliphatic heterocycles. The van der Waals surface area contributed by atoms with Gasteiger partial charge in [-0.15, -0.1) is 0 Å². The van der Waals surface area contributed by atoms with Crippen LogP contribution in [0.4, 0.5) is 0 Å².